The van der Waals surface area contributed by atoms with Crippen LogP contribution in [0.15, 0.2) is 48.5 Å². The molecule has 5 heteroatoms. The van der Waals surface area contributed by atoms with E-state index in [4.69, 9.17) is 23.2 Å². The Balaban J connectivity index is 1.90. The topological polar surface area (TPSA) is 32.3 Å². The Morgan fingerprint density at radius 2 is 1.82 bits per heavy atom. The second kappa shape index (κ2) is 8.06. The van der Waals surface area contributed by atoms with Crippen LogP contribution in [0.25, 0.3) is 0 Å². The van der Waals surface area contributed by atoms with E-state index >= 15 is 0 Å². The number of amides is 1. The van der Waals surface area contributed by atoms with Gasteiger partial charge in [0.2, 0.25) is 5.91 Å². The molecule has 2 aromatic carbocycles. The van der Waals surface area contributed by atoms with E-state index in [2.05, 4.69) is 5.32 Å². The second-order valence-electron chi connectivity index (χ2n) is 4.78. The summed E-state index contributed by atoms with van der Waals surface area (Å²) in [4.78, 5) is 14.1. The first-order valence-corrected chi connectivity index (χ1v) is 7.91. The third kappa shape index (κ3) is 4.39. The van der Waals surface area contributed by atoms with Crippen LogP contribution in [0, 0.1) is 0 Å². The molecule has 0 heterocycles. The molecular formula is C17H18Cl2N2O. The average molecular weight is 337 g/mol. The first-order valence-electron chi connectivity index (χ1n) is 7.16. The van der Waals surface area contributed by atoms with Gasteiger partial charge in [-0.3, -0.25) is 4.79 Å². The largest absolute Gasteiger partial charge is 0.384 e. The SMILES string of the molecule is CCN(C(=O)CCNc1ccc(Cl)c(Cl)c1)c1ccccc1. The number of para-hydroxylation sites is 1. The molecule has 3 nitrogen and oxygen atoms in total. The van der Waals surface area contributed by atoms with Gasteiger partial charge in [-0.2, -0.15) is 0 Å². The van der Waals surface area contributed by atoms with Gasteiger partial charge in [-0.1, -0.05) is 41.4 Å². The normalized spacial score (nSPS) is 10.3. The Labute approximate surface area is 140 Å². The molecule has 22 heavy (non-hydrogen) atoms. The number of hydrogen-bond donors (Lipinski definition) is 1. The lowest BCUT2D eigenvalue weighted by Gasteiger charge is -2.21. The van der Waals surface area contributed by atoms with E-state index in [1.165, 1.54) is 0 Å². The van der Waals surface area contributed by atoms with Gasteiger partial charge in [0.1, 0.15) is 0 Å². The summed E-state index contributed by atoms with van der Waals surface area (Å²) in [6.07, 6.45) is 0.406. The van der Waals surface area contributed by atoms with Crippen molar-refractivity contribution in [2.45, 2.75) is 13.3 Å². The average Bonchev–Trinajstić information content (AvgIpc) is 2.52. The Hall–Kier alpha value is -1.71. The quantitative estimate of drug-likeness (QED) is 0.817. The zero-order chi connectivity index (χ0) is 15.9. The molecule has 0 bridgehead atoms. The lowest BCUT2D eigenvalue weighted by Crippen LogP contribution is -2.31. The number of benzene rings is 2. The van der Waals surface area contributed by atoms with Crippen molar-refractivity contribution in [3.63, 3.8) is 0 Å². The van der Waals surface area contributed by atoms with Gasteiger partial charge >= 0.3 is 0 Å². The molecule has 0 fully saturated rings. The highest BCUT2D eigenvalue weighted by atomic mass is 35.5. The van der Waals surface area contributed by atoms with E-state index in [0.717, 1.165) is 11.4 Å². The lowest BCUT2D eigenvalue weighted by molar-refractivity contribution is -0.118. The number of carbonyl (C=O) groups is 1. The molecule has 1 amide bonds. The van der Waals surface area contributed by atoms with E-state index in [9.17, 15) is 4.79 Å². The van der Waals surface area contributed by atoms with Gasteiger partial charge in [0.25, 0.3) is 0 Å². The van der Waals surface area contributed by atoms with Gasteiger partial charge in [0.05, 0.1) is 10.0 Å². The van der Waals surface area contributed by atoms with Crippen LogP contribution in [0.5, 0.6) is 0 Å². The van der Waals surface area contributed by atoms with Gasteiger partial charge < -0.3 is 10.2 Å². The maximum atomic E-state index is 12.3. The molecule has 0 saturated carbocycles. The summed E-state index contributed by atoms with van der Waals surface area (Å²) in [5.74, 6) is 0.0845. The molecule has 0 unspecified atom stereocenters. The van der Waals surface area contributed by atoms with E-state index in [1.807, 2.05) is 43.3 Å². The van der Waals surface area contributed by atoms with Crippen LogP contribution >= 0.6 is 23.2 Å². The highest BCUT2D eigenvalue weighted by Gasteiger charge is 2.12. The minimum Gasteiger partial charge on any atom is -0.384 e. The number of nitrogens with zero attached hydrogens (tertiary/aromatic N) is 1. The Bertz CT molecular complexity index is 632. The summed E-state index contributed by atoms with van der Waals surface area (Å²) in [5.41, 5.74) is 1.77. The van der Waals surface area contributed by atoms with Crippen LogP contribution in [-0.4, -0.2) is 19.0 Å². The Kier molecular flexibility index (Phi) is 6.10. The standard InChI is InChI=1S/C17H18Cl2N2O/c1-2-21(14-6-4-3-5-7-14)17(22)10-11-20-13-8-9-15(18)16(19)12-13/h3-9,12,20H,2,10-11H2,1H3. The molecule has 0 aliphatic carbocycles. The summed E-state index contributed by atoms with van der Waals surface area (Å²) in [6, 6.07) is 15.0. The zero-order valence-corrected chi connectivity index (χ0v) is 13.9. The third-order valence-corrected chi connectivity index (χ3v) is 4.01. The fourth-order valence-electron chi connectivity index (χ4n) is 2.17. The third-order valence-electron chi connectivity index (χ3n) is 3.27. The van der Waals surface area contributed by atoms with Crippen LogP contribution in [0.3, 0.4) is 0 Å². The van der Waals surface area contributed by atoms with E-state index in [0.29, 0.717) is 29.6 Å². The van der Waals surface area contributed by atoms with Crippen LogP contribution < -0.4 is 10.2 Å². The Morgan fingerprint density at radius 3 is 2.45 bits per heavy atom. The van der Waals surface area contributed by atoms with Gasteiger partial charge in [-0.25, -0.2) is 0 Å². The molecular weight excluding hydrogens is 319 g/mol. The minimum absolute atomic E-state index is 0.0845. The van der Waals surface area contributed by atoms with E-state index in [1.54, 1.807) is 17.0 Å². The molecule has 2 aromatic rings. The number of nitrogens with one attached hydrogen (secondary N) is 1. The van der Waals surface area contributed by atoms with Crippen molar-refractivity contribution in [3.8, 4) is 0 Å². The van der Waals surface area contributed by atoms with Gasteiger partial charge in [-0.15, -0.1) is 0 Å². The molecule has 0 radical (unpaired) electrons. The van der Waals surface area contributed by atoms with Gasteiger partial charge in [0.15, 0.2) is 0 Å². The summed E-state index contributed by atoms with van der Waals surface area (Å²) in [6.45, 7) is 3.16. The van der Waals surface area contributed by atoms with Crippen LogP contribution in [0.4, 0.5) is 11.4 Å². The fourth-order valence-corrected chi connectivity index (χ4v) is 2.46. The van der Waals surface area contributed by atoms with Crippen molar-refractivity contribution >= 4 is 40.5 Å². The summed E-state index contributed by atoms with van der Waals surface area (Å²) >= 11 is 11.8. The molecule has 0 atom stereocenters. The molecule has 2 rings (SSSR count). The van der Waals surface area contributed by atoms with Crippen LogP contribution in [0.2, 0.25) is 10.0 Å². The molecule has 1 N–H and O–H groups in total. The summed E-state index contributed by atoms with van der Waals surface area (Å²) < 4.78 is 0. The molecule has 116 valence electrons. The molecule has 0 saturated heterocycles. The summed E-state index contributed by atoms with van der Waals surface area (Å²) in [7, 11) is 0. The number of carbonyl (C=O) groups excluding carboxylic acids is 1. The molecule has 0 aliphatic heterocycles. The van der Waals surface area contributed by atoms with Crippen molar-refractivity contribution in [3.05, 3.63) is 58.6 Å². The van der Waals surface area contributed by atoms with Gasteiger partial charge in [0, 0.05) is 30.9 Å². The first-order chi connectivity index (χ1) is 10.6. The summed E-state index contributed by atoms with van der Waals surface area (Å²) in [5, 5.41) is 4.20. The minimum atomic E-state index is 0.0845. The van der Waals surface area contributed by atoms with Crippen molar-refractivity contribution in [1.29, 1.82) is 0 Å². The monoisotopic (exact) mass is 336 g/mol. The second-order valence-corrected chi connectivity index (χ2v) is 5.59. The van der Waals surface area contributed by atoms with E-state index < -0.39 is 0 Å². The van der Waals surface area contributed by atoms with Crippen molar-refractivity contribution < 1.29 is 4.79 Å². The fraction of sp³-hybridized carbons (Fsp3) is 0.235. The number of rotatable bonds is 6. The number of hydrogen-bond acceptors (Lipinski definition) is 2. The maximum Gasteiger partial charge on any atom is 0.228 e. The smallest absolute Gasteiger partial charge is 0.228 e. The van der Waals surface area contributed by atoms with Crippen molar-refractivity contribution in [2.75, 3.05) is 23.3 Å². The predicted molar refractivity (Wildman–Crippen MR) is 94.0 cm³/mol. The first kappa shape index (κ1) is 16.7. The Morgan fingerprint density at radius 1 is 1.09 bits per heavy atom. The predicted octanol–water partition coefficient (Wildman–Crippen LogP) is 4.85. The molecule has 0 spiro atoms. The van der Waals surface area contributed by atoms with Crippen LogP contribution in [0.1, 0.15) is 13.3 Å². The molecule has 0 aliphatic rings. The van der Waals surface area contributed by atoms with Crippen molar-refractivity contribution in [1.82, 2.24) is 0 Å². The lowest BCUT2D eigenvalue weighted by atomic mass is 10.2. The van der Waals surface area contributed by atoms with Gasteiger partial charge in [-0.05, 0) is 37.3 Å². The van der Waals surface area contributed by atoms with E-state index in [-0.39, 0.29) is 5.91 Å². The zero-order valence-electron chi connectivity index (χ0n) is 12.4. The number of anilines is 2. The number of halogens is 2. The van der Waals surface area contributed by atoms with Crippen molar-refractivity contribution in [2.24, 2.45) is 0 Å². The van der Waals surface area contributed by atoms with Crippen LogP contribution in [-0.2, 0) is 4.79 Å². The maximum absolute atomic E-state index is 12.3. The highest BCUT2D eigenvalue weighted by molar-refractivity contribution is 6.42. The highest BCUT2D eigenvalue weighted by Crippen LogP contribution is 2.25. The molecule has 0 aromatic heterocycles.